The van der Waals surface area contributed by atoms with E-state index < -0.39 is 17.4 Å². The monoisotopic (exact) mass is 286 g/mol. The quantitative estimate of drug-likeness (QED) is 0.457. The summed E-state index contributed by atoms with van der Waals surface area (Å²) in [6, 6.07) is 6.91. The Bertz CT molecular complexity index is 857. The van der Waals surface area contributed by atoms with Crippen molar-refractivity contribution in [2.24, 2.45) is 0 Å². The van der Waals surface area contributed by atoms with E-state index in [1.54, 1.807) is 18.2 Å². The molecule has 2 heterocycles. The first-order valence-corrected chi connectivity index (χ1v) is 6.03. The van der Waals surface area contributed by atoms with E-state index in [0.717, 1.165) is 12.1 Å². The summed E-state index contributed by atoms with van der Waals surface area (Å²) in [6.45, 7) is 0. The number of fused-ring (bicyclic) bond motifs is 1. The van der Waals surface area contributed by atoms with Gasteiger partial charge in [-0.05, 0) is 18.2 Å². The Labute approximate surface area is 117 Å². The van der Waals surface area contributed by atoms with E-state index in [2.05, 4.69) is 9.97 Å². The Hall–Kier alpha value is -2.89. The van der Waals surface area contributed by atoms with Gasteiger partial charge in [0.2, 0.25) is 5.78 Å². The number of hydrogen-bond donors (Lipinski definition) is 1. The Morgan fingerprint density at radius 2 is 1.95 bits per heavy atom. The van der Waals surface area contributed by atoms with Gasteiger partial charge in [-0.2, -0.15) is 0 Å². The molecule has 4 nitrogen and oxygen atoms in total. The van der Waals surface area contributed by atoms with Gasteiger partial charge in [-0.25, -0.2) is 8.78 Å². The minimum atomic E-state index is -1.04. The molecular formula is C15H8F2N2O2. The van der Waals surface area contributed by atoms with E-state index in [1.165, 1.54) is 6.20 Å². The van der Waals surface area contributed by atoms with E-state index in [4.69, 9.17) is 0 Å². The maximum Gasteiger partial charge on any atom is 0.242 e. The van der Waals surface area contributed by atoms with Gasteiger partial charge in [0.05, 0.1) is 5.69 Å². The summed E-state index contributed by atoms with van der Waals surface area (Å²) in [4.78, 5) is 29.2. The SMILES string of the molecule is O=CC(=O)c1[nH]c2cc(F)c(F)cc2c1-c1ccccn1. The zero-order chi connectivity index (χ0) is 15.0. The number of Topliss-reactive ketones (excluding diaryl/α,β-unsaturated/α-hetero) is 1. The van der Waals surface area contributed by atoms with Gasteiger partial charge in [0.25, 0.3) is 0 Å². The zero-order valence-corrected chi connectivity index (χ0v) is 10.6. The van der Waals surface area contributed by atoms with Crippen LogP contribution < -0.4 is 0 Å². The molecule has 0 saturated carbocycles. The van der Waals surface area contributed by atoms with E-state index in [9.17, 15) is 18.4 Å². The second-order valence-electron chi connectivity index (χ2n) is 4.38. The molecule has 0 bridgehead atoms. The van der Waals surface area contributed by atoms with Crippen LogP contribution in [0.1, 0.15) is 10.5 Å². The molecule has 0 fully saturated rings. The average molecular weight is 286 g/mol. The van der Waals surface area contributed by atoms with Crippen LogP contribution in [0, 0.1) is 11.6 Å². The predicted molar refractivity (Wildman–Crippen MR) is 71.8 cm³/mol. The van der Waals surface area contributed by atoms with E-state index in [0.29, 0.717) is 5.69 Å². The fourth-order valence-electron chi connectivity index (χ4n) is 2.21. The second-order valence-corrected chi connectivity index (χ2v) is 4.38. The molecule has 0 radical (unpaired) electrons. The Morgan fingerprint density at radius 3 is 2.62 bits per heavy atom. The number of halogens is 2. The summed E-state index contributed by atoms with van der Waals surface area (Å²) in [7, 11) is 0. The van der Waals surface area contributed by atoms with Gasteiger partial charge in [0.1, 0.15) is 5.69 Å². The smallest absolute Gasteiger partial charge is 0.242 e. The minimum absolute atomic E-state index is 0.0382. The van der Waals surface area contributed by atoms with Crippen molar-refractivity contribution in [3.63, 3.8) is 0 Å². The van der Waals surface area contributed by atoms with Crippen LogP contribution in [0.3, 0.4) is 0 Å². The van der Waals surface area contributed by atoms with Crippen molar-refractivity contribution >= 4 is 23.0 Å². The van der Waals surface area contributed by atoms with Crippen molar-refractivity contribution in [3.8, 4) is 11.3 Å². The molecule has 0 unspecified atom stereocenters. The number of hydrogen-bond acceptors (Lipinski definition) is 3. The van der Waals surface area contributed by atoms with Crippen molar-refractivity contribution in [3.05, 3.63) is 53.9 Å². The van der Waals surface area contributed by atoms with E-state index >= 15 is 0 Å². The number of rotatable bonds is 3. The highest BCUT2D eigenvalue weighted by Crippen LogP contribution is 2.32. The maximum absolute atomic E-state index is 13.5. The predicted octanol–water partition coefficient (Wildman–Crippen LogP) is 2.89. The van der Waals surface area contributed by atoms with Gasteiger partial charge in [0, 0.05) is 28.7 Å². The van der Waals surface area contributed by atoms with Crippen LogP contribution in [-0.2, 0) is 4.79 Å². The first-order valence-electron chi connectivity index (χ1n) is 6.03. The third-order valence-electron chi connectivity index (χ3n) is 3.11. The standard InChI is InChI=1S/C15H8F2N2O2/c16-9-5-8-12(6-10(9)17)19-15(13(21)7-20)14(8)11-3-1-2-4-18-11/h1-7,19H. The van der Waals surface area contributed by atoms with Crippen LogP contribution in [0.15, 0.2) is 36.5 Å². The normalized spacial score (nSPS) is 10.8. The number of benzene rings is 1. The van der Waals surface area contributed by atoms with Crippen molar-refractivity contribution in [2.75, 3.05) is 0 Å². The number of aromatic amines is 1. The molecule has 0 saturated heterocycles. The van der Waals surface area contributed by atoms with Crippen LogP contribution in [0.25, 0.3) is 22.2 Å². The van der Waals surface area contributed by atoms with Crippen molar-refractivity contribution in [2.45, 2.75) is 0 Å². The summed E-state index contributed by atoms with van der Waals surface area (Å²) in [6.07, 6.45) is 1.65. The van der Waals surface area contributed by atoms with E-state index in [1.807, 2.05) is 0 Å². The number of aldehydes is 1. The molecule has 0 aliphatic heterocycles. The number of carbonyl (C=O) groups is 2. The first kappa shape index (κ1) is 13.1. The molecule has 3 rings (SSSR count). The Balaban J connectivity index is 2.40. The number of aromatic nitrogens is 2. The topological polar surface area (TPSA) is 62.8 Å². The van der Waals surface area contributed by atoms with Crippen LogP contribution >= 0.6 is 0 Å². The molecule has 0 aliphatic carbocycles. The fraction of sp³-hybridized carbons (Fsp3) is 0. The lowest BCUT2D eigenvalue weighted by molar-refractivity contribution is -0.104. The fourth-order valence-corrected chi connectivity index (χ4v) is 2.21. The third kappa shape index (κ3) is 2.10. The summed E-state index contributed by atoms with van der Waals surface area (Å²) < 4.78 is 26.8. The second kappa shape index (κ2) is 4.90. The number of H-pyrrole nitrogens is 1. The molecular weight excluding hydrogens is 278 g/mol. The Kier molecular flexibility index (Phi) is 3.06. The molecule has 0 aliphatic rings. The lowest BCUT2D eigenvalue weighted by Crippen LogP contribution is -2.02. The molecule has 0 spiro atoms. The number of ketones is 1. The van der Waals surface area contributed by atoms with Gasteiger partial charge >= 0.3 is 0 Å². The van der Waals surface area contributed by atoms with Crippen molar-refractivity contribution in [1.29, 1.82) is 0 Å². The summed E-state index contributed by atoms with van der Waals surface area (Å²) in [5.74, 6) is -2.89. The number of nitrogens with zero attached hydrogens (tertiary/aromatic N) is 1. The van der Waals surface area contributed by atoms with Gasteiger partial charge < -0.3 is 4.98 Å². The molecule has 21 heavy (non-hydrogen) atoms. The van der Waals surface area contributed by atoms with Gasteiger partial charge in [-0.3, -0.25) is 14.6 Å². The summed E-state index contributed by atoms with van der Waals surface area (Å²) >= 11 is 0. The highest BCUT2D eigenvalue weighted by atomic mass is 19.2. The highest BCUT2D eigenvalue weighted by Gasteiger charge is 2.21. The molecule has 3 aromatic rings. The molecule has 0 atom stereocenters. The molecule has 0 amide bonds. The molecule has 1 aromatic carbocycles. The lowest BCUT2D eigenvalue weighted by atomic mass is 10.0. The molecule has 104 valence electrons. The molecule has 6 heteroatoms. The van der Waals surface area contributed by atoms with Crippen LogP contribution in [0.2, 0.25) is 0 Å². The Morgan fingerprint density at radius 1 is 1.19 bits per heavy atom. The van der Waals surface area contributed by atoms with Crippen LogP contribution in [0.5, 0.6) is 0 Å². The highest BCUT2D eigenvalue weighted by molar-refractivity contribution is 6.35. The average Bonchev–Trinajstić information content (AvgIpc) is 2.86. The van der Waals surface area contributed by atoms with Gasteiger partial charge in [0.15, 0.2) is 17.9 Å². The van der Waals surface area contributed by atoms with Crippen molar-refractivity contribution in [1.82, 2.24) is 9.97 Å². The molecule has 1 N–H and O–H groups in total. The number of nitrogens with one attached hydrogen (secondary N) is 1. The third-order valence-corrected chi connectivity index (χ3v) is 3.11. The van der Waals surface area contributed by atoms with Gasteiger partial charge in [-0.1, -0.05) is 6.07 Å². The zero-order valence-electron chi connectivity index (χ0n) is 10.6. The summed E-state index contributed by atoms with van der Waals surface area (Å²) in [5.41, 5.74) is 0.852. The minimum Gasteiger partial charge on any atom is -0.351 e. The van der Waals surface area contributed by atoms with E-state index in [-0.39, 0.29) is 28.4 Å². The largest absolute Gasteiger partial charge is 0.351 e. The maximum atomic E-state index is 13.5. The molecule has 2 aromatic heterocycles. The van der Waals surface area contributed by atoms with Crippen molar-refractivity contribution < 1.29 is 18.4 Å². The lowest BCUT2D eigenvalue weighted by Gasteiger charge is -2.01. The van der Waals surface area contributed by atoms with Crippen LogP contribution in [-0.4, -0.2) is 22.0 Å². The first-order chi connectivity index (χ1) is 10.1. The van der Waals surface area contributed by atoms with Gasteiger partial charge in [-0.15, -0.1) is 0 Å². The van der Waals surface area contributed by atoms with Crippen LogP contribution in [0.4, 0.5) is 8.78 Å². The summed E-state index contributed by atoms with van der Waals surface area (Å²) in [5, 5.41) is 0.290. The number of carbonyl (C=O) groups excluding carboxylic acids is 2. The number of pyridine rings is 1.